The van der Waals surface area contributed by atoms with Crippen molar-refractivity contribution in [1.82, 2.24) is 0 Å². The number of rotatable bonds is 5. The average molecular weight is 603 g/mol. The number of anilines is 3. The Bertz CT molecular complexity index is 1650. The number of aromatic hydroxyl groups is 1. The minimum absolute atomic E-state index is 0.00345. The van der Waals surface area contributed by atoms with Gasteiger partial charge in [0, 0.05) is 11.4 Å². The van der Waals surface area contributed by atoms with Gasteiger partial charge in [-0.2, -0.15) is 36.9 Å². The molecule has 1 aliphatic rings. The minimum atomic E-state index is -4.85. The fourth-order valence-electron chi connectivity index (χ4n) is 4.53. The quantitative estimate of drug-likeness (QED) is 0.239. The van der Waals surface area contributed by atoms with Crippen molar-refractivity contribution in [2.45, 2.75) is 31.7 Å². The summed E-state index contributed by atoms with van der Waals surface area (Å²) in [7, 11) is 0. The largest absolute Gasteiger partial charge is 0.508 e. The number of phenols is 1. The molecule has 0 bridgehead atoms. The summed E-state index contributed by atoms with van der Waals surface area (Å²) in [4.78, 5) is 7.40. The third kappa shape index (κ3) is 5.66. The molecule has 0 radical (unpaired) electrons. The van der Waals surface area contributed by atoms with Crippen LogP contribution in [0.2, 0.25) is 0 Å². The van der Waals surface area contributed by atoms with Crippen molar-refractivity contribution in [2.75, 3.05) is 21.8 Å². The minimum Gasteiger partial charge on any atom is -0.508 e. The number of nitrogens with one attached hydrogen (secondary N) is 1. The molecule has 2 N–H and O–H groups in total. The lowest BCUT2D eigenvalue weighted by molar-refractivity contribution is -0.138. The molecule has 0 saturated carbocycles. The molecule has 1 saturated heterocycles. The van der Waals surface area contributed by atoms with E-state index in [1.807, 2.05) is 0 Å². The Kier molecular flexibility index (Phi) is 7.80. The molecule has 0 amide bonds. The van der Waals surface area contributed by atoms with Gasteiger partial charge in [-0.15, -0.1) is 0 Å². The van der Waals surface area contributed by atoms with Crippen molar-refractivity contribution < 1.29 is 31.4 Å². The van der Waals surface area contributed by atoms with Crippen LogP contribution in [0.1, 0.15) is 36.1 Å². The van der Waals surface area contributed by atoms with Crippen LogP contribution < -0.4 is 15.1 Å². The highest BCUT2D eigenvalue weighted by Gasteiger charge is 2.49. The van der Waals surface area contributed by atoms with Crippen molar-refractivity contribution in [3.05, 3.63) is 82.9 Å². The molecule has 42 heavy (non-hydrogen) atoms. The Morgan fingerprint density at radius 3 is 1.93 bits per heavy atom. The molecule has 0 spiro atoms. The maximum atomic E-state index is 13.8. The molecule has 216 valence electrons. The van der Waals surface area contributed by atoms with Gasteiger partial charge < -0.3 is 15.3 Å². The summed E-state index contributed by atoms with van der Waals surface area (Å²) in [6.07, 6.45) is -9.62. The van der Waals surface area contributed by atoms with Crippen molar-refractivity contribution in [3.8, 4) is 17.9 Å². The Morgan fingerprint density at radius 2 is 1.38 bits per heavy atom. The molecule has 4 rings (SSSR count). The highest BCUT2D eigenvalue weighted by Crippen LogP contribution is 2.40. The second-order valence-corrected chi connectivity index (χ2v) is 9.92. The van der Waals surface area contributed by atoms with Gasteiger partial charge in [0.1, 0.15) is 18.3 Å². The number of nitriles is 2. The Morgan fingerprint density at radius 1 is 0.857 bits per heavy atom. The van der Waals surface area contributed by atoms with E-state index in [1.54, 1.807) is 30.9 Å². The van der Waals surface area contributed by atoms with Crippen molar-refractivity contribution in [3.63, 3.8) is 0 Å². The van der Waals surface area contributed by atoms with E-state index < -0.39 is 40.1 Å². The van der Waals surface area contributed by atoms with Crippen LogP contribution in [0.25, 0.3) is 0 Å². The molecule has 14 heteroatoms. The third-order valence-electron chi connectivity index (χ3n) is 6.45. The summed E-state index contributed by atoms with van der Waals surface area (Å²) >= 11 is 5.70. The summed E-state index contributed by atoms with van der Waals surface area (Å²) in [6, 6.07) is 15.1. The lowest BCUT2D eigenvalue weighted by atomic mass is 10.0. The van der Waals surface area contributed by atoms with Crippen LogP contribution in [0, 0.1) is 22.7 Å². The van der Waals surface area contributed by atoms with Gasteiger partial charge in [-0.1, -0.05) is 0 Å². The van der Waals surface area contributed by atoms with E-state index in [9.17, 15) is 36.7 Å². The molecule has 0 aromatic heterocycles. The van der Waals surface area contributed by atoms with Crippen LogP contribution in [0.3, 0.4) is 0 Å². The molecule has 3 aromatic carbocycles. The number of hydrogen-bond donors (Lipinski definition) is 2. The monoisotopic (exact) mass is 602 g/mol. The molecule has 0 aliphatic carbocycles. The first-order valence-corrected chi connectivity index (χ1v) is 12.4. The first kappa shape index (κ1) is 30.1. The smallest absolute Gasteiger partial charge is 0.417 e. The number of amidine groups is 1. The van der Waals surface area contributed by atoms with Gasteiger partial charge in [0.25, 0.3) is 0 Å². The Labute approximate surface area is 241 Å². The van der Waals surface area contributed by atoms with Crippen LogP contribution >= 0.6 is 12.2 Å². The molecule has 1 aliphatic heterocycles. The predicted octanol–water partition coefficient (Wildman–Crippen LogP) is 7.03. The van der Waals surface area contributed by atoms with E-state index in [0.29, 0.717) is 5.69 Å². The normalized spacial score (nSPS) is 16.0. The van der Waals surface area contributed by atoms with E-state index in [4.69, 9.17) is 17.5 Å². The average Bonchev–Trinajstić information content (AvgIpc) is 3.12. The molecule has 1 heterocycles. The zero-order valence-corrected chi connectivity index (χ0v) is 22.7. The molecule has 0 unspecified atom stereocenters. The highest BCUT2D eigenvalue weighted by atomic mass is 32.1. The van der Waals surface area contributed by atoms with Crippen molar-refractivity contribution >= 4 is 40.2 Å². The van der Waals surface area contributed by atoms with Crippen LogP contribution in [0.4, 0.5) is 43.4 Å². The van der Waals surface area contributed by atoms with Gasteiger partial charge in [-0.05, 0) is 86.7 Å². The van der Waals surface area contributed by atoms with Crippen LogP contribution in [0.5, 0.6) is 5.75 Å². The third-order valence-corrected chi connectivity index (χ3v) is 6.82. The number of hydrogen-bond acceptors (Lipinski definition) is 6. The van der Waals surface area contributed by atoms with Crippen LogP contribution in [0.15, 0.2) is 65.7 Å². The van der Waals surface area contributed by atoms with Gasteiger partial charge >= 0.3 is 12.4 Å². The molecule has 1 fully saturated rings. The van der Waals surface area contributed by atoms with Gasteiger partial charge in [0.05, 0.1) is 45.6 Å². The SMILES string of the molecule is CC1(C)C(=NCNc2ccc(C#N)c(C(F)(F)F)c2)N(c2ccc(C#N)c(C(F)(F)F)c2)C(=S)N1c1ccc(O)cc1. The second kappa shape index (κ2) is 10.9. The fourth-order valence-corrected chi connectivity index (χ4v) is 5.06. The lowest BCUT2D eigenvalue weighted by Crippen LogP contribution is -2.44. The second-order valence-electron chi connectivity index (χ2n) is 9.55. The van der Waals surface area contributed by atoms with E-state index in [1.165, 1.54) is 41.3 Å². The van der Waals surface area contributed by atoms with Gasteiger partial charge in [-0.25, -0.2) is 4.99 Å². The van der Waals surface area contributed by atoms with E-state index in [2.05, 4.69) is 10.3 Å². The van der Waals surface area contributed by atoms with E-state index in [0.717, 1.165) is 24.3 Å². The zero-order valence-electron chi connectivity index (χ0n) is 21.8. The number of alkyl halides is 6. The molecular weight excluding hydrogens is 582 g/mol. The van der Waals surface area contributed by atoms with E-state index in [-0.39, 0.29) is 34.7 Å². The number of aliphatic imine (C=N–C) groups is 1. The Hall–Kier alpha value is -4.82. The summed E-state index contributed by atoms with van der Waals surface area (Å²) in [6.45, 7) is 3.08. The molecule has 0 atom stereocenters. The zero-order chi connectivity index (χ0) is 31.0. The van der Waals surface area contributed by atoms with Crippen molar-refractivity contribution in [2.24, 2.45) is 4.99 Å². The summed E-state index contributed by atoms with van der Waals surface area (Å²) in [5.41, 5.74) is -4.13. The molecule has 7 nitrogen and oxygen atoms in total. The Balaban J connectivity index is 1.80. The molecular formula is C28H20F6N6OS. The first-order chi connectivity index (χ1) is 19.6. The number of phenolic OH excluding ortho intramolecular Hbond substituents is 1. The first-order valence-electron chi connectivity index (χ1n) is 12.0. The number of halogens is 6. The predicted molar refractivity (Wildman–Crippen MR) is 148 cm³/mol. The standard InChI is InChI=1S/C28H20F6N6OS/c1-26(2)24(38-15-37-18-5-3-16(13-35)22(11-18)27(29,30)31)39(25(42)40(26)19-7-9-21(41)10-8-19)20-6-4-17(14-36)23(12-20)28(32,33)34/h3-12,37,41H,15H2,1-2H3. The highest BCUT2D eigenvalue weighted by molar-refractivity contribution is 7.81. The van der Waals surface area contributed by atoms with Crippen LogP contribution in [-0.4, -0.2) is 28.3 Å². The maximum Gasteiger partial charge on any atom is 0.417 e. The summed E-state index contributed by atoms with van der Waals surface area (Å²) < 4.78 is 81.7. The van der Waals surface area contributed by atoms with E-state index >= 15 is 0 Å². The van der Waals surface area contributed by atoms with Crippen LogP contribution in [-0.2, 0) is 12.4 Å². The van der Waals surface area contributed by atoms with Gasteiger partial charge in [0.2, 0.25) is 0 Å². The topological polar surface area (TPSA) is 98.7 Å². The maximum absolute atomic E-state index is 13.8. The number of thiocarbonyl (C=S) groups is 1. The van der Waals surface area contributed by atoms with Crippen molar-refractivity contribution in [1.29, 1.82) is 10.5 Å². The number of nitrogens with zero attached hydrogens (tertiary/aromatic N) is 5. The summed E-state index contributed by atoms with van der Waals surface area (Å²) in [5.74, 6) is 0.120. The number of benzene rings is 3. The lowest BCUT2D eigenvalue weighted by Gasteiger charge is -2.31. The molecule has 3 aromatic rings. The summed E-state index contributed by atoms with van der Waals surface area (Å²) in [5, 5.41) is 30.8. The van der Waals surface area contributed by atoms with Gasteiger partial charge in [0.15, 0.2) is 5.11 Å². The van der Waals surface area contributed by atoms with Gasteiger partial charge in [-0.3, -0.25) is 4.90 Å². The fraction of sp³-hybridized carbons (Fsp3) is 0.214.